The summed E-state index contributed by atoms with van der Waals surface area (Å²) in [4.78, 5) is 3.55. The molecule has 1 N–H and O–H groups in total. The number of hydrogen-bond donors (Lipinski definition) is 1. The van der Waals surface area contributed by atoms with Gasteiger partial charge < -0.3 is 5.32 Å². The second-order valence-electron chi connectivity index (χ2n) is 5.03. The molecule has 21 heavy (non-hydrogen) atoms. The second kappa shape index (κ2) is 5.05. The number of aryl methyl sites for hydroxylation is 1. The van der Waals surface area contributed by atoms with Crippen molar-refractivity contribution in [1.82, 2.24) is 14.8 Å². The zero-order valence-corrected chi connectivity index (χ0v) is 11.5. The van der Waals surface area contributed by atoms with E-state index in [2.05, 4.69) is 22.3 Å². The first-order valence-electron chi connectivity index (χ1n) is 6.85. The van der Waals surface area contributed by atoms with Crippen LogP contribution in [0.25, 0.3) is 0 Å². The first-order valence-corrected chi connectivity index (χ1v) is 6.85. The number of alkyl halides is 3. The molecule has 0 saturated heterocycles. The maximum Gasteiger partial charge on any atom is 0.453 e. The number of anilines is 1. The fourth-order valence-corrected chi connectivity index (χ4v) is 2.51. The van der Waals surface area contributed by atoms with Gasteiger partial charge >= 0.3 is 6.18 Å². The lowest BCUT2D eigenvalue weighted by Gasteiger charge is -2.24. The number of nitrogens with one attached hydrogen (secondary N) is 1. The number of nitrogens with zero attached hydrogens (tertiary/aromatic N) is 3. The molecule has 1 atom stereocenters. The van der Waals surface area contributed by atoms with E-state index in [0.29, 0.717) is 13.0 Å². The summed E-state index contributed by atoms with van der Waals surface area (Å²) in [6.45, 7) is 2.64. The molecule has 1 aromatic heterocycles. The third-order valence-electron chi connectivity index (χ3n) is 3.65. The molecule has 1 aromatic carbocycles. The minimum atomic E-state index is -4.53. The largest absolute Gasteiger partial charge is 0.453 e. The molecule has 0 bridgehead atoms. The van der Waals surface area contributed by atoms with Crippen LogP contribution in [0.2, 0.25) is 0 Å². The minimum absolute atomic E-state index is 0.179. The monoisotopic (exact) mass is 296 g/mol. The third-order valence-corrected chi connectivity index (χ3v) is 3.65. The Bertz CT molecular complexity index is 631. The molecule has 0 spiro atoms. The molecule has 4 nitrogen and oxygen atoms in total. The molecule has 3 rings (SSSR count). The first-order chi connectivity index (χ1) is 9.99. The van der Waals surface area contributed by atoms with E-state index in [4.69, 9.17) is 0 Å². The lowest BCUT2D eigenvalue weighted by molar-refractivity contribution is -0.145. The van der Waals surface area contributed by atoms with Crippen LogP contribution in [0.3, 0.4) is 0 Å². The number of benzene rings is 1. The highest BCUT2D eigenvalue weighted by Crippen LogP contribution is 2.33. The van der Waals surface area contributed by atoms with Gasteiger partial charge in [-0.1, -0.05) is 31.2 Å². The molecule has 1 aliphatic heterocycles. The zero-order chi connectivity index (χ0) is 15.0. The second-order valence-corrected chi connectivity index (χ2v) is 5.03. The summed E-state index contributed by atoms with van der Waals surface area (Å²) in [7, 11) is 0. The lowest BCUT2D eigenvalue weighted by atomic mass is 10.0. The van der Waals surface area contributed by atoms with E-state index in [1.807, 2.05) is 24.3 Å². The van der Waals surface area contributed by atoms with E-state index in [1.165, 1.54) is 10.2 Å². The molecule has 0 aliphatic carbocycles. The maximum atomic E-state index is 12.7. The van der Waals surface area contributed by atoms with E-state index in [9.17, 15) is 13.2 Å². The van der Waals surface area contributed by atoms with Crippen molar-refractivity contribution in [3.63, 3.8) is 0 Å². The Morgan fingerprint density at radius 3 is 2.62 bits per heavy atom. The topological polar surface area (TPSA) is 42.7 Å². The highest BCUT2D eigenvalue weighted by atomic mass is 19.4. The van der Waals surface area contributed by atoms with Crippen LogP contribution in [-0.2, 0) is 12.6 Å². The van der Waals surface area contributed by atoms with E-state index >= 15 is 0 Å². The van der Waals surface area contributed by atoms with Crippen LogP contribution in [0.1, 0.15) is 36.3 Å². The number of fused-ring (bicyclic) bond motifs is 1. The summed E-state index contributed by atoms with van der Waals surface area (Å²) < 4.78 is 39.5. The lowest BCUT2D eigenvalue weighted by Crippen LogP contribution is -2.24. The minimum Gasteiger partial charge on any atom is -0.354 e. The predicted octanol–water partition coefficient (Wildman–Crippen LogP) is 3.26. The van der Waals surface area contributed by atoms with Gasteiger partial charge in [0.1, 0.15) is 0 Å². The van der Waals surface area contributed by atoms with Gasteiger partial charge in [0.2, 0.25) is 5.95 Å². The number of rotatable bonds is 2. The van der Waals surface area contributed by atoms with E-state index < -0.39 is 12.0 Å². The molecular formula is C14H15F3N4. The third kappa shape index (κ3) is 2.59. The molecule has 2 heterocycles. The van der Waals surface area contributed by atoms with Crippen molar-refractivity contribution in [1.29, 1.82) is 0 Å². The average Bonchev–Trinajstić information content (AvgIpc) is 2.91. The molecule has 0 saturated carbocycles. The highest BCUT2D eigenvalue weighted by molar-refractivity contribution is 5.34. The Hall–Kier alpha value is -2.05. The van der Waals surface area contributed by atoms with Crippen LogP contribution in [0.15, 0.2) is 24.3 Å². The van der Waals surface area contributed by atoms with Crippen molar-refractivity contribution in [3.05, 3.63) is 41.2 Å². The van der Waals surface area contributed by atoms with Gasteiger partial charge in [0.25, 0.3) is 5.82 Å². The number of hydrogen-bond acceptors (Lipinski definition) is 3. The standard InChI is InChI=1S/C14H15F3N4/c1-2-9-3-5-10(6-4-9)11-7-8-18-13-19-12(14(15,16)17)20-21(11)13/h3-6,11H,2,7-8H2,1H3,(H,18,19,20). The first kappa shape index (κ1) is 13.9. The smallest absolute Gasteiger partial charge is 0.354 e. The number of aromatic nitrogens is 3. The molecule has 0 radical (unpaired) electrons. The van der Waals surface area contributed by atoms with Crippen molar-refractivity contribution in [2.24, 2.45) is 0 Å². The Balaban J connectivity index is 1.97. The summed E-state index contributed by atoms with van der Waals surface area (Å²) in [6, 6.07) is 7.69. The van der Waals surface area contributed by atoms with E-state index in [0.717, 1.165) is 12.0 Å². The van der Waals surface area contributed by atoms with Crippen molar-refractivity contribution in [3.8, 4) is 0 Å². The van der Waals surface area contributed by atoms with Gasteiger partial charge in [-0.2, -0.15) is 18.2 Å². The van der Waals surface area contributed by atoms with E-state index in [-0.39, 0.29) is 12.0 Å². The zero-order valence-electron chi connectivity index (χ0n) is 11.5. The van der Waals surface area contributed by atoms with Crippen LogP contribution in [-0.4, -0.2) is 21.3 Å². The van der Waals surface area contributed by atoms with Crippen LogP contribution in [0.4, 0.5) is 19.1 Å². The van der Waals surface area contributed by atoms with Crippen molar-refractivity contribution >= 4 is 5.95 Å². The molecule has 112 valence electrons. The molecule has 0 fully saturated rings. The quantitative estimate of drug-likeness (QED) is 0.925. The molecule has 1 unspecified atom stereocenters. The summed E-state index contributed by atoms with van der Waals surface area (Å²) in [6.07, 6.45) is -2.92. The van der Waals surface area contributed by atoms with Crippen LogP contribution in [0.5, 0.6) is 0 Å². The summed E-state index contributed by atoms with van der Waals surface area (Å²) >= 11 is 0. The fourth-order valence-electron chi connectivity index (χ4n) is 2.51. The Morgan fingerprint density at radius 1 is 1.29 bits per heavy atom. The Kier molecular flexibility index (Phi) is 3.35. The molecular weight excluding hydrogens is 281 g/mol. The van der Waals surface area contributed by atoms with Gasteiger partial charge in [0.15, 0.2) is 0 Å². The van der Waals surface area contributed by atoms with Crippen LogP contribution < -0.4 is 5.32 Å². The molecule has 0 amide bonds. The van der Waals surface area contributed by atoms with Gasteiger partial charge in [0, 0.05) is 6.54 Å². The van der Waals surface area contributed by atoms with E-state index in [1.54, 1.807) is 0 Å². The summed E-state index contributed by atoms with van der Waals surface area (Å²) in [5.74, 6) is -0.916. The summed E-state index contributed by atoms with van der Waals surface area (Å²) in [5, 5.41) is 6.51. The van der Waals surface area contributed by atoms with Crippen LogP contribution in [0, 0.1) is 0 Å². The van der Waals surface area contributed by atoms with Gasteiger partial charge in [-0.15, -0.1) is 5.10 Å². The molecule has 1 aliphatic rings. The number of halogens is 3. The SMILES string of the molecule is CCc1ccc(C2CCNc3nc(C(F)(F)F)nn32)cc1. The van der Waals surface area contributed by atoms with Crippen molar-refractivity contribution < 1.29 is 13.2 Å². The van der Waals surface area contributed by atoms with Gasteiger partial charge in [-0.25, -0.2) is 4.68 Å². The van der Waals surface area contributed by atoms with Gasteiger partial charge in [-0.05, 0) is 24.0 Å². The van der Waals surface area contributed by atoms with Crippen molar-refractivity contribution in [2.45, 2.75) is 32.0 Å². The van der Waals surface area contributed by atoms with Gasteiger partial charge in [-0.3, -0.25) is 0 Å². The highest BCUT2D eigenvalue weighted by Gasteiger charge is 2.38. The predicted molar refractivity (Wildman–Crippen MR) is 72.1 cm³/mol. The van der Waals surface area contributed by atoms with Crippen LogP contribution >= 0.6 is 0 Å². The van der Waals surface area contributed by atoms with Gasteiger partial charge in [0.05, 0.1) is 6.04 Å². The molecule has 7 heteroatoms. The Labute approximate surface area is 120 Å². The van der Waals surface area contributed by atoms with Crippen molar-refractivity contribution in [2.75, 3.05) is 11.9 Å². The Morgan fingerprint density at radius 2 is 2.00 bits per heavy atom. The summed E-state index contributed by atoms with van der Waals surface area (Å²) in [5.41, 5.74) is 2.15. The average molecular weight is 296 g/mol. The normalized spacial score (nSPS) is 18.2. The molecule has 2 aromatic rings. The fraction of sp³-hybridized carbons (Fsp3) is 0.429. The maximum absolute atomic E-state index is 12.7.